The summed E-state index contributed by atoms with van der Waals surface area (Å²) in [5, 5.41) is 10.9. The maximum absolute atomic E-state index is 11.4. The van der Waals surface area contributed by atoms with Crippen LogP contribution in [0.15, 0.2) is 24.3 Å². The van der Waals surface area contributed by atoms with Crippen molar-refractivity contribution < 1.29 is 4.79 Å². The molecule has 2 N–H and O–H groups in total. The highest BCUT2D eigenvalue weighted by Gasteiger charge is 2.22. The first-order valence-electron chi connectivity index (χ1n) is 5.96. The van der Waals surface area contributed by atoms with Gasteiger partial charge in [-0.15, -0.1) is 0 Å². The third kappa shape index (κ3) is 2.45. The molecular weight excluding hydrogens is 228 g/mol. The fourth-order valence-corrected chi connectivity index (χ4v) is 1.99. The average Bonchev–Trinajstić information content (AvgIpc) is 2.67. The highest BCUT2D eigenvalue weighted by atomic mass is 16.2. The Hall–Kier alpha value is -2.04. The number of fused-ring (bicyclic) bond motifs is 1. The van der Waals surface area contributed by atoms with Crippen LogP contribution in [0.3, 0.4) is 0 Å². The molecular formula is C13H18N4O. The van der Waals surface area contributed by atoms with Crippen molar-refractivity contribution in [1.29, 1.82) is 5.41 Å². The molecule has 0 spiro atoms. The standard InChI is InChI=1S/C13H18N4O/c1-16(2)13(18)15-7-8-17-9-10-5-3-4-6-11(10)12(17)14/h3-6,14H,7-9H2,1-2H3,(H,15,18). The zero-order valence-corrected chi connectivity index (χ0v) is 10.7. The van der Waals surface area contributed by atoms with Gasteiger partial charge in [0.1, 0.15) is 5.84 Å². The molecule has 1 aliphatic rings. The van der Waals surface area contributed by atoms with Crippen molar-refractivity contribution >= 4 is 11.9 Å². The van der Waals surface area contributed by atoms with Crippen molar-refractivity contribution in [3.05, 3.63) is 35.4 Å². The fraction of sp³-hybridized carbons (Fsp3) is 0.385. The van der Waals surface area contributed by atoms with E-state index in [4.69, 9.17) is 5.41 Å². The first-order valence-corrected chi connectivity index (χ1v) is 5.96. The lowest BCUT2D eigenvalue weighted by Crippen LogP contribution is -2.39. The van der Waals surface area contributed by atoms with E-state index in [0.29, 0.717) is 18.9 Å². The van der Waals surface area contributed by atoms with Gasteiger partial charge >= 0.3 is 6.03 Å². The molecule has 5 nitrogen and oxygen atoms in total. The van der Waals surface area contributed by atoms with E-state index in [2.05, 4.69) is 5.32 Å². The minimum Gasteiger partial charge on any atom is -0.350 e. The third-order valence-electron chi connectivity index (χ3n) is 3.01. The second-order valence-corrected chi connectivity index (χ2v) is 4.55. The summed E-state index contributed by atoms with van der Waals surface area (Å²) in [6, 6.07) is 7.85. The van der Waals surface area contributed by atoms with Crippen molar-refractivity contribution in [3.63, 3.8) is 0 Å². The minimum atomic E-state index is -0.0989. The van der Waals surface area contributed by atoms with Crippen LogP contribution in [-0.4, -0.2) is 48.9 Å². The molecule has 1 aromatic carbocycles. The molecule has 0 unspecified atom stereocenters. The Morgan fingerprint density at radius 3 is 2.83 bits per heavy atom. The highest BCUT2D eigenvalue weighted by Crippen LogP contribution is 2.21. The second kappa shape index (κ2) is 5.08. The van der Waals surface area contributed by atoms with Crippen LogP contribution in [-0.2, 0) is 6.54 Å². The van der Waals surface area contributed by atoms with Crippen LogP contribution in [0, 0.1) is 5.41 Å². The summed E-state index contributed by atoms with van der Waals surface area (Å²) in [5.74, 6) is 0.546. The maximum atomic E-state index is 11.4. The van der Waals surface area contributed by atoms with Gasteiger partial charge in [0, 0.05) is 39.3 Å². The molecule has 1 aliphatic heterocycles. The van der Waals surface area contributed by atoms with E-state index in [1.165, 1.54) is 10.5 Å². The van der Waals surface area contributed by atoms with Gasteiger partial charge in [0.25, 0.3) is 0 Å². The van der Waals surface area contributed by atoms with E-state index in [-0.39, 0.29) is 6.03 Å². The van der Waals surface area contributed by atoms with Crippen LogP contribution < -0.4 is 5.32 Å². The van der Waals surface area contributed by atoms with E-state index in [9.17, 15) is 4.79 Å². The Kier molecular flexibility index (Phi) is 3.50. The molecule has 1 heterocycles. The molecule has 0 aromatic heterocycles. The van der Waals surface area contributed by atoms with Crippen molar-refractivity contribution in [2.45, 2.75) is 6.54 Å². The van der Waals surface area contributed by atoms with Crippen molar-refractivity contribution in [2.24, 2.45) is 0 Å². The predicted molar refractivity (Wildman–Crippen MR) is 70.8 cm³/mol. The first-order chi connectivity index (χ1) is 8.59. The number of carbonyl (C=O) groups excluding carboxylic acids is 1. The van der Waals surface area contributed by atoms with Crippen molar-refractivity contribution in [3.8, 4) is 0 Å². The molecule has 0 aliphatic carbocycles. The molecule has 96 valence electrons. The molecule has 18 heavy (non-hydrogen) atoms. The lowest BCUT2D eigenvalue weighted by molar-refractivity contribution is 0.216. The molecule has 0 fully saturated rings. The minimum absolute atomic E-state index is 0.0989. The molecule has 2 rings (SSSR count). The Morgan fingerprint density at radius 2 is 2.17 bits per heavy atom. The summed E-state index contributed by atoms with van der Waals surface area (Å²) in [7, 11) is 3.42. The van der Waals surface area contributed by atoms with E-state index < -0.39 is 0 Å². The molecule has 0 radical (unpaired) electrons. The van der Waals surface area contributed by atoms with Gasteiger partial charge in [0.15, 0.2) is 0 Å². The summed E-state index contributed by atoms with van der Waals surface area (Å²) in [5.41, 5.74) is 2.18. The normalized spacial score (nSPS) is 13.4. The van der Waals surface area contributed by atoms with Crippen LogP contribution in [0.2, 0.25) is 0 Å². The van der Waals surface area contributed by atoms with E-state index in [0.717, 1.165) is 12.1 Å². The van der Waals surface area contributed by atoms with Gasteiger partial charge < -0.3 is 15.1 Å². The molecule has 0 atom stereocenters. The van der Waals surface area contributed by atoms with E-state index >= 15 is 0 Å². The van der Waals surface area contributed by atoms with Gasteiger partial charge in [-0.3, -0.25) is 5.41 Å². The average molecular weight is 246 g/mol. The van der Waals surface area contributed by atoms with Gasteiger partial charge in [-0.2, -0.15) is 0 Å². The zero-order chi connectivity index (χ0) is 13.1. The summed E-state index contributed by atoms with van der Waals surface area (Å²) < 4.78 is 0. The van der Waals surface area contributed by atoms with Crippen LogP contribution >= 0.6 is 0 Å². The lowest BCUT2D eigenvalue weighted by Gasteiger charge is -2.19. The number of carbonyl (C=O) groups is 1. The van der Waals surface area contributed by atoms with Crippen LogP contribution in [0.5, 0.6) is 0 Å². The molecule has 1 aromatic rings. The van der Waals surface area contributed by atoms with Crippen LogP contribution in [0.25, 0.3) is 0 Å². The lowest BCUT2D eigenvalue weighted by atomic mass is 10.1. The Labute approximate surface area is 107 Å². The predicted octanol–water partition coefficient (Wildman–Crippen LogP) is 1.10. The number of nitrogens with zero attached hydrogens (tertiary/aromatic N) is 2. The number of hydrogen-bond donors (Lipinski definition) is 2. The second-order valence-electron chi connectivity index (χ2n) is 4.55. The smallest absolute Gasteiger partial charge is 0.316 e. The first kappa shape index (κ1) is 12.4. The van der Waals surface area contributed by atoms with Gasteiger partial charge in [0.05, 0.1) is 0 Å². The maximum Gasteiger partial charge on any atom is 0.316 e. The monoisotopic (exact) mass is 246 g/mol. The summed E-state index contributed by atoms with van der Waals surface area (Å²) in [6.45, 7) is 1.97. The SMILES string of the molecule is CN(C)C(=O)NCCN1Cc2ccccc2C1=N. The number of nitrogens with one attached hydrogen (secondary N) is 2. The number of rotatable bonds is 3. The van der Waals surface area contributed by atoms with E-state index in [1.54, 1.807) is 14.1 Å². The van der Waals surface area contributed by atoms with Crippen LogP contribution in [0.1, 0.15) is 11.1 Å². The molecule has 5 heteroatoms. The Bertz CT molecular complexity index is 470. The molecule has 0 bridgehead atoms. The van der Waals surface area contributed by atoms with Gasteiger partial charge in [0.2, 0.25) is 0 Å². The third-order valence-corrected chi connectivity index (χ3v) is 3.01. The topological polar surface area (TPSA) is 59.4 Å². The van der Waals surface area contributed by atoms with Crippen LogP contribution in [0.4, 0.5) is 4.79 Å². The summed E-state index contributed by atoms with van der Waals surface area (Å²) >= 11 is 0. The molecule has 0 saturated heterocycles. The molecule has 2 amide bonds. The van der Waals surface area contributed by atoms with Gasteiger partial charge in [-0.05, 0) is 5.56 Å². The zero-order valence-electron chi connectivity index (χ0n) is 10.7. The van der Waals surface area contributed by atoms with Gasteiger partial charge in [-0.1, -0.05) is 24.3 Å². The number of hydrogen-bond acceptors (Lipinski definition) is 2. The van der Waals surface area contributed by atoms with E-state index in [1.807, 2.05) is 29.2 Å². The largest absolute Gasteiger partial charge is 0.350 e. The van der Waals surface area contributed by atoms with Crippen molar-refractivity contribution in [2.75, 3.05) is 27.2 Å². The Morgan fingerprint density at radius 1 is 1.44 bits per heavy atom. The highest BCUT2D eigenvalue weighted by molar-refractivity contribution is 6.00. The number of amides is 2. The quantitative estimate of drug-likeness (QED) is 0.839. The van der Waals surface area contributed by atoms with Crippen molar-refractivity contribution in [1.82, 2.24) is 15.1 Å². The number of benzene rings is 1. The fourth-order valence-electron chi connectivity index (χ4n) is 1.99. The molecule has 0 saturated carbocycles. The number of urea groups is 1. The number of amidine groups is 1. The Balaban J connectivity index is 1.87. The van der Waals surface area contributed by atoms with Gasteiger partial charge in [-0.25, -0.2) is 4.79 Å². The summed E-state index contributed by atoms with van der Waals surface area (Å²) in [4.78, 5) is 14.8. The summed E-state index contributed by atoms with van der Waals surface area (Å²) in [6.07, 6.45) is 0.